The fraction of sp³-hybridized carbons (Fsp3) is 0.212. The summed E-state index contributed by atoms with van der Waals surface area (Å²) in [6.07, 6.45) is -2.17. The minimum atomic E-state index is -4.68. The first-order chi connectivity index (χ1) is 21.4. The number of hydrogen-bond donors (Lipinski definition) is 0. The van der Waals surface area contributed by atoms with Gasteiger partial charge in [0.05, 0.1) is 13.2 Å². The lowest BCUT2D eigenvalue weighted by molar-refractivity contribution is -0.205. The van der Waals surface area contributed by atoms with Gasteiger partial charge in [0.25, 0.3) is 0 Å². The van der Waals surface area contributed by atoms with Crippen LogP contribution in [-0.2, 0) is 15.6 Å². The van der Waals surface area contributed by atoms with Gasteiger partial charge in [-0.1, -0.05) is 18.2 Å². The number of benzene rings is 4. The molecule has 45 heavy (non-hydrogen) atoms. The molecule has 1 saturated heterocycles. The SMILES string of the molecule is C=CCCC1COC(c2ccc(-c3cc(F)c(C(F)(F)Oc4ccc(-c5cc(F)c(F)c(F)c5)c(F)c4)c(F)c3)c(F)c2)OC1. The quantitative estimate of drug-likeness (QED) is 0.104. The van der Waals surface area contributed by atoms with Crippen LogP contribution in [0.4, 0.5) is 39.5 Å². The molecule has 1 aliphatic heterocycles. The third-order valence-corrected chi connectivity index (χ3v) is 7.14. The molecular formula is C33H23F9O3. The van der Waals surface area contributed by atoms with E-state index < -0.39 is 81.1 Å². The first-order valence-electron chi connectivity index (χ1n) is 13.5. The van der Waals surface area contributed by atoms with Crippen molar-refractivity contribution in [1.82, 2.24) is 0 Å². The molecule has 12 heteroatoms. The van der Waals surface area contributed by atoms with Crippen molar-refractivity contribution in [3.63, 3.8) is 0 Å². The summed E-state index contributed by atoms with van der Waals surface area (Å²) in [6, 6.07) is 7.60. The molecule has 0 unspecified atom stereocenters. The molecule has 236 valence electrons. The Morgan fingerprint density at radius 2 is 1.24 bits per heavy atom. The van der Waals surface area contributed by atoms with Crippen LogP contribution in [0, 0.1) is 46.6 Å². The third-order valence-electron chi connectivity index (χ3n) is 7.14. The van der Waals surface area contributed by atoms with E-state index in [1.807, 2.05) is 0 Å². The monoisotopic (exact) mass is 638 g/mol. The first-order valence-corrected chi connectivity index (χ1v) is 13.5. The van der Waals surface area contributed by atoms with Crippen LogP contribution >= 0.6 is 0 Å². The van der Waals surface area contributed by atoms with Crippen LogP contribution in [0.15, 0.2) is 73.3 Å². The molecule has 1 fully saturated rings. The van der Waals surface area contributed by atoms with Crippen LogP contribution < -0.4 is 4.74 Å². The van der Waals surface area contributed by atoms with Gasteiger partial charge in [-0.25, -0.2) is 30.7 Å². The Hall–Kier alpha value is -4.29. The fourth-order valence-corrected chi connectivity index (χ4v) is 4.88. The molecule has 4 aromatic carbocycles. The molecule has 0 saturated carbocycles. The number of alkyl halides is 2. The van der Waals surface area contributed by atoms with Gasteiger partial charge in [-0.3, -0.25) is 0 Å². The number of rotatable bonds is 9. The molecular weight excluding hydrogens is 615 g/mol. The van der Waals surface area contributed by atoms with Crippen LogP contribution in [0.25, 0.3) is 22.3 Å². The summed E-state index contributed by atoms with van der Waals surface area (Å²) in [5, 5.41) is 0. The van der Waals surface area contributed by atoms with Crippen molar-refractivity contribution >= 4 is 0 Å². The van der Waals surface area contributed by atoms with Crippen LogP contribution in [0.1, 0.15) is 30.3 Å². The average Bonchev–Trinajstić information content (AvgIpc) is 2.98. The van der Waals surface area contributed by atoms with Gasteiger partial charge < -0.3 is 14.2 Å². The molecule has 0 bridgehead atoms. The standard InChI is InChI=1S/C33H23F9O3/c1-2-3-4-17-15-43-32(44-16-17)18-5-7-22(24(34)9-18)19-10-26(36)30(27(37)11-19)33(41,42)45-21-6-8-23(25(35)14-21)20-12-28(38)31(40)29(39)13-20/h2,5-14,17,32H,1,3-4,15-16H2. The lowest BCUT2D eigenvalue weighted by Crippen LogP contribution is -2.27. The maximum absolute atomic E-state index is 15.0. The van der Waals surface area contributed by atoms with Crippen molar-refractivity contribution in [2.75, 3.05) is 13.2 Å². The topological polar surface area (TPSA) is 27.7 Å². The summed E-state index contributed by atoms with van der Waals surface area (Å²) in [7, 11) is 0. The zero-order valence-corrected chi connectivity index (χ0v) is 23.2. The van der Waals surface area contributed by atoms with E-state index in [2.05, 4.69) is 11.3 Å². The Bertz CT molecular complexity index is 1690. The highest BCUT2D eigenvalue weighted by molar-refractivity contribution is 5.66. The largest absolute Gasteiger partial charge is 0.432 e. The molecule has 0 amide bonds. The van der Waals surface area contributed by atoms with Gasteiger partial charge in [0.1, 0.15) is 34.6 Å². The van der Waals surface area contributed by atoms with Gasteiger partial charge in [-0.05, 0) is 66.4 Å². The fourth-order valence-electron chi connectivity index (χ4n) is 4.88. The Kier molecular flexibility index (Phi) is 9.26. The van der Waals surface area contributed by atoms with E-state index >= 15 is 4.39 Å². The van der Waals surface area contributed by atoms with Crippen molar-refractivity contribution in [3.8, 4) is 28.0 Å². The lowest BCUT2D eigenvalue weighted by atomic mass is 9.99. The van der Waals surface area contributed by atoms with Gasteiger partial charge in [-0.2, -0.15) is 8.78 Å². The molecule has 5 rings (SSSR count). The van der Waals surface area contributed by atoms with Gasteiger partial charge in [0, 0.05) is 28.7 Å². The molecule has 1 aliphatic rings. The van der Waals surface area contributed by atoms with Crippen LogP contribution in [-0.4, -0.2) is 13.2 Å². The van der Waals surface area contributed by atoms with Crippen molar-refractivity contribution in [3.05, 3.63) is 125 Å². The van der Waals surface area contributed by atoms with E-state index in [4.69, 9.17) is 9.47 Å². The van der Waals surface area contributed by atoms with Crippen molar-refractivity contribution in [1.29, 1.82) is 0 Å². The van der Waals surface area contributed by atoms with E-state index in [0.717, 1.165) is 31.0 Å². The number of halogens is 9. The molecule has 3 nitrogen and oxygen atoms in total. The van der Waals surface area contributed by atoms with Crippen molar-refractivity contribution in [2.24, 2.45) is 5.92 Å². The summed E-state index contributed by atoms with van der Waals surface area (Å²) in [4.78, 5) is 0. The normalized spacial score (nSPS) is 16.9. The average molecular weight is 639 g/mol. The Balaban J connectivity index is 1.34. The summed E-state index contributed by atoms with van der Waals surface area (Å²) in [6.45, 7) is 4.42. The predicted octanol–water partition coefficient (Wildman–Crippen LogP) is 9.75. The number of hydrogen-bond acceptors (Lipinski definition) is 3. The van der Waals surface area contributed by atoms with E-state index in [1.165, 1.54) is 12.1 Å². The molecule has 0 N–H and O–H groups in total. The highest BCUT2D eigenvalue weighted by Crippen LogP contribution is 2.39. The summed E-state index contributed by atoms with van der Waals surface area (Å²) < 4.78 is 146. The third kappa shape index (κ3) is 6.86. The second kappa shape index (κ2) is 13.0. The Morgan fingerprint density at radius 3 is 1.78 bits per heavy atom. The van der Waals surface area contributed by atoms with Gasteiger partial charge in [0.15, 0.2) is 23.7 Å². The molecule has 0 aliphatic carbocycles. The van der Waals surface area contributed by atoms with E-state index in [-0.39, 0.29) is 11.5 Å². The summed E-state index contributed by atoms with van der Waals surface area (Å²) in [5.74, 6) is -11.5. The molecule has 0 atom stereocenters. The smallest absolute Gasteiger partial charge is 0.429 e. The van der Waals surface area contributed by atoms with Gasteiger partial charge >= 0.3 is 6.11 Å². The second-order valence-electron chi connectivity index (χ2n) is 10.3. The zero-order valence-electron chi connectivity index (χ0n) is 23.2. The highest BCUT2D eigenvalue weighted by atomic mass is 19.3. The van der Waals surface area contributed by atoms with E-state index in [1.54, 1.807) is 6.08 Å². The second-order valence-corrected chi connectivity index (χ2v) is 10.3. The van der Waals surface area contributed by atoms with Crippen molar-refractivity contribution in [2.45, 2.75) is 25.2 Å². The minimum Gasteiger partial charge on any atom is -0.429 e. The van der Waals surface area contributed by atoms with E-state index in [9.17, 15) is 35.1 Å². The molecule has 0 spiro atoms. The van der Waals surface area contributed by atoms with Crippen molar-refractivity contribution < 1.29 is 53.7 Å². The summed E-state index contributed by atoms with van der Waals surface area (Å²) in [5.41, 5.74) is -3.14. The summed E-state index contributed by atoms with van der Waals surface area (Å²) >= 11 is 0. The molecule has 0 aromatic heterocycles. The number of allylic oxidation sites excluding steroid dienone is 1. The Morgan fingerprint density at radius 1 is 0.711 bits per heavy atom. The predicted molar refractivity (Wildman–Crippen MR) is 146 cm³/mol. The van der Waals surface area contributed by atoms with Gasteiger partial charge in [-0.15, -0.1) is 6.58 Å². The number of ether oxygens (including phenoxy) is 3. The highest BCUT2D eigenvalue weighted by Gasteiger charge is 2.41. The van der Waals surface area contributed by atoms with Crippen LogP contribution in [0.3, 0.4) is 0 Å². The Labute approximate surface area is 251 Å². The van der Waals surface area contributed by atoms with Crippen LogP contribution in [0.5, 0.6) is 5.75 Å². The minimum absolute atomic E-state index is 0.145. The molecule has 4 aromatic rings. The lowest BCUT2D eigenvalue weighted by Gasteiger charge is -2.29. The van der Waals surface area contributed by atoms with E-state index in [0.29, 0.717) is 49.1 Å². The maximum Gasteiger partial charge on any atom is 0.432 e. The van der Waals surface area contributed by atoms with Crippen LogP contribution in [0.2, 0.25) is 0 Å². The molecule has 1 heterocycles. The zero-order chi connectivity index (χ0) is 32.5. The molecule has 0 radical (unpaired) electrons. The van der Waals surface area contributed by atoms with Gasteiger partial charge in [0.2, 0.25) is 0 Å². The first kappa shape index (κ1) is 32.1. The maximum atomic E-state index is 15.0.